The van der Waals surface area contributed by atoms with E-state index in [1.165, 1.54) is 0 Å². The number of anilines is 1. The molecule has 0 aromatic heterocycles. The molecule has 0 spiro atoms. The predicted octanol–water partition coefficient (Wildman–Crippen LogP) is 3.36. The Morgan fingerprint density at radius 1 is 1.15 bits per heavy atom. The van der Waals surface area contributed by atoms with Crippen LogP contribution in [0.3, 0.4) is 0 Å². The first-order chi connectivity index (χ1) is 9.61. The Labute approximate surface area is 115 Å². The molecule has 0 atom stereocenters. The summed E-state index contributed by atoms with van der Waals surface area (Å²) in [6.07, 6.45) is 0. The van der Waals surface area contributed by atoms with Gasteiger partial charge in [0.05, 0.1) is 18.4 Å². The number of benzene rings is 2. The van der Waals surface area contributed by atoms with Crippen molar-refractivity contribution >= 4 is 11.7 Å². The SMILES string of the molecule is COC(=O)c1cc(NCc2ccccc2)c(F)cc1F. The second kappa shape index (κ2) is 6.14. The summed E-state index contributed by atoms with van der Waals surface area (Å²) >= 11 is 0. The zero-order valence-corrected chi connectivity index (χ0v) is 10.8. The van der Waals surface area contributed by atoms with E-state index in [9.17, 15) is 13.6 Å². The maximum absolute atomic E-state index is 13.6. The van der Waals surface area contributed by atoms with E-state index in [0.29, 0.717) is 12.6 Å². The van der Waals surface area contributed by atoms with Crippen LogP contribution in [0.15, 0.2) is 42.5 Å². The van der Waals surface area contributed by atoms with Crippen LogP contribution in [0.2, 0.25) is 0 Å². The Bertz CT molecular complexity index is 615. The highest BCUT2D eigenvalue weighted by molar-refractivity contribution is 5.90. The van der Waals surface area contributed by atoms with Gasteiger partial charge in [0.25, 0.3) is 0 Å². The lowest BCUT2D eigenvalue weighted by Gasteiger charge is -2.10. The smallest absolute Gasteiger partial charge is 0.340 e. The minimum Gasteiger partial charge on any atom is -0.465 e. The molecule has 0 unspecified atom stereocenters. The van der Waals surface area contributed by atoms with Gasteiger partial charge in [-0.2, -0.15) is 0 Å². The van der Waals surface area contributed by atoms with Gasteiger partial charge in [-0.3, -0.25) is 0 Å². The Hall–Kier alpha value is -2.43. The summed E-state index contributed by atoms with van der Waals surface area (Å²) in [5.41, 5.74) is 0.691. The van der Waals surface area contributed by atoms with E-state index in [2.05, 4.69) is 10.1 Å². The van der Waals surface area contributed by atoms with Crippen molar-refractivity contribution in [2.45, 2.75) is 6.54 Å². The number of nitrogens with one attached hydrogen (secondary N) is 1. The number of esters is 1. The molecule has 0 amide bonds. The van der Waals surface area contributed by atoms with Gasteiger partial charge in [0.2, 0.25) is 0 Å². The van der Waals surface area contributed by atoms with Crippen LogP contribution in [0.4, 0.5) is 14.5 Å². The van der Waals surface area contributed by atoms with E-state index in [0.717, 1.165) is 18.7 Å². The van der Waals surface area contributed by atoms with Gasteiger partial charge in [-0.05, 0) is 11.6 Å². The molecule has 0 bridgehead atoms. The largest absolute Gasteiger partial charge is 0.465 e. The molecule has 2 aromatic carbocycles. The molecule has 1 N–H and O–H groups in total. The summed E-state index contributed by atoms with van der Waals surface area (Å²) in [5, 5.41) is 2.83. The van der Waals surface area contributed by atoms with Crippen LogP contribution in [0, 0.1) is 11.6 Å². The molecule has 3 nitrogen and oxygen atoms in total. The lowest BCUT2D eigenvalue weighted by atomic mass is 10.1. The van der Waals surface area contributed by atoms with Crippen molar-refractivity contribution in [3.63, 3.8) is 0 Å². The molecule has 0 saturated carbocycles. The Kier molecular flexibility index (Phi) is 4.30. The van der Waals surface area contributed by atoms with Crippen molar-refractivity contribution in [2.24, 2.45) is 0 Å². The van der Waals surface area contributed by atoms with E-state index in [4.69, 9.17) is 0 Å². The molecule has 0 aliphatic rings. The third kappa shape index (κ3) is 3.12. The molecule has 104 valence electrons. The molecule has 5 heteroatoms. The summed E-state index contributed by atoms with van der Waals surface area (Å²) in [5.74, 6) is -2.55. The van der Waals surface area contributed by atoms with E-state index < -0.39 is 17.6 Å². The van der Waals surface area contributed by atoms with E-state index >= 15 is 0 Å². The van der Waals surface area contributed by atoms with Gasteiger partial charge in [-0.25, -0.2) is 13.6 Å². The molecule has 0 fully saturated rings. The van der Waals surface area contributed by atoms with Crippen molar-refractivity contribution < 1.29 is 18.3 Å². The topological polar surface area (TPSA) is 38.3 Å². The van der Waals surface area contributed by atoms with Gasteiger partial charge in [0.15, 0.2) is 0 Å². The summed E-state index contributed by atoms with van der Waals surface area (Å²) in [6, 6.07) is 11.1. The van der Waals surface area contributed by atoms with Gasteiger partial charge in [-0.1, -0.05) is 30.3 Å². The number of hydrogen-bond donors (Lipinski definition) is 1. The fourth-order valence-electron chi connectivity index (χ4n) is 1.74. The Morgan fingerprint density at radius 2 is 1.85 bits per heavy atom. The van der Waals surface area contributed by atoms with Crippen molar-refractivity contribution in [1.29, 1.82) is 0 Å². The molecule has 2 aromatic rings. The second-order valence-corrected chi connectivity index (χ2v) is 4.14. The quantitative estimate of drug-likeness (QED) is 0.871. The van der Waals surface area contributed by atoms with Gasteiger partial charge < -0.3 is 10.1 Å². The van der Waals surface area contributed by atoms with Crippen LogP contribution in [-0.2, 0) is 11.3 Å². The van der Waals surface area contributed by atoms with Crippen LogP contribution < -0.4 is 5.32 Å². The summed E-state index contributed by atoms with van der Waals surface area (Å²) in [6.45, 7) is 0.365. The Morgan fingerprint density at radius 3 is 2.50 bits per heavy atom. The van der Waals surface area contributed by atoms with Crippen LogP contribution in [0.25, 0.3) is 0 Å². The van der Waals surface area contributed by atoms with Crippen LogP contribution in [0.5, 0.6) is 0 Å². The number of carbonyl (C=O) groups excluding carboxylic acids is 1. The predicted molar refractivity (Wildman–Crippen MR) is 71.5 cm³/mol. The molecule has 20 heavy (non-hydrogen) atoms. The number of methoxy groups -OCH3 is 1. The van der Waals surface area contributed by atoms with Crippen LogP contribution in [-0.4, -0.2) is 13.1 Å². The normalized spacial score (nSPS) is 10.2. The second-order valence-electron chi connectivity index (χ2n) is 4.14. The van der Waals surface area contributed by atoms with E-state index in [1.54, 1.807) is 0 Å². The average molecular weight is 277 g/mol. The number of hydrogen-bond acceptors (Lipinski definition) is 3. The van der Waals surface area contributed by atoms with Crippen LogP contribution >= 0.6 is 0 Å². The highest BCUT2D eigenvalue weighted by Gasteiger charge is 2.16. The van der Waals surface area contributed by atoms with Gasteiger partial charge in [0.1, 0.15) is 11.6 Å². The highest BCUT2D eigenvalue weighted by Crippen LogP contribution is 2.21. The van der Waals surface area contributed by atoms with E-state index in [-0.39, 0.29) is 11.3 Å². The molecule has 0 saturated heterocycles. The first-order valence-corrected chi connectivity index (χ1v) is 5.97. The minimum atomic E-state index is -0.945. The third-order valence-corrected chi connectivity index (χ3v) is 2.79. The molecular formula is C15H13F2NO2. The molecule has 0 aliphatic heterocycles. The zero-order chi connectivity index (χ0) is 14.5. The van der Waals surface area contributed by atoms with Crippen molar-refractivity contribution in [3.05, 3.63) is 65.2 Å². The first kappa shape index (κ1) is 14.0. The Balaban J connectivity index is 2.21. The monoisotopic (exact) mass is 277 g/mol. The maximum atomic E-state index is 13.6. The molecular weight excluding hydrogens is 264 g/mol. The molecule has 0 heterocycles. The van der Waals surface area contributed by atoms with Gasteiger partial charge in [-0.15, -0.1) is 0 Å². The van der Waals surface area contributed by atoms with E-state index in [1.807, 2.05) is 30.3 Å². The molecule has 0 aliphatic carbocycles. The maximum Gasteiger partial charge on any atom is 0.340 e. The first-order valence-electron chi connectivity index (χ1n) is 5.97. The summed E-state index contributed by atoms with van der Waals surface area (Å²) in [7, 11) is 1.14. The number of carbonyl (C=O) groups is 1. The lowest BCUT2D eigenvalue weighted by Crippen LogP contribution is -2.08. The van der Waals surface area contributed by atoms with Gasteiger partial charge >= 0.3 is 5.97 Å². The number of rotatable bonds is 4. The fourth-order valence-corrected chi connectivity index (χ4v) is 1.74. The number of ether oxygens (including phenoxy) is 1. The summed E-state index contributed by atoms with van der Waals surface area (Å²) in [4.78, 5) is 11.4. The zero-order valence-electron chi connectivity index (χ0n) is 10.8. The summed E-state index contributed by atoms with van der Waals surface area (Å²) < 4.78 is 31.6. The van der Waals surface area contributed by atoms with Crippen molar-refractivity contribution in [1.82, 2.24) is 0 Å². The highest BCUT2D eigenvalue weighted by atomic mass is 19.1. The van der Waals surface area contributed by atoms with Crippen LogP contribution in [0.1, 0.15) is 15.9 Å². The fraction of sp³-hybridized carbons (Fsp3) is 0.133. The standard InChI is InChI=1S/C15H13F2NO2/c1-20-15(19)11-7-14(13(17)8-12(11)16)18-9-10-5-3-2-4-6-10/h2-8,18H,9H2,1H3. The molecule has 0 radical (unpaired) electrons. The van der Waals surface area contributed by atoms with Crippen molar-refractivity contribution in [3.8, 4) is 0 Å². The van der Waals surface area contributed by atoms with Crippen molar-refractivity contribution in [2.75, 3.05) is 12.4 Å². The minimum absolute atomic E-state index is 0.0515. The lowest BCUT2D eigenvalue weighted by molar-refractivity contribution is 0.0595. The number of halogens is 2. The third-order valence-electron chi connectivity index (χ3n) is 2.79. The average Bonchev–Trinajstić information content (AvgIpc) is 2.46. The molecule has 2 rings (SSSR count). The van der Waals surface area contributed by atoms with Gasteiger partial charge in [0, 0.05) is 12.6 Å².